The molecule has 0 spiro atoms. The van der Waals surface area contributed by atoms with E-state index in [4.69, 9.17) is 4.74 Å². The SMILES string of the molecule is COCC1CCCN(C(=O)C2CNCC(C)C2)C1. The maximum Gasteiger partial charge on any atom is 0.226 e. The smallest absolute Gasteiger partial charge is 0.226 e. The molecule has 0 aromatic carbocycles. The van der Waals surface area contributed by atoms with Crippen LogP contribution in [0.2, 0.25) is 0 Å². The first-order chi connectivity index (χ1) is 8.70. The first-order valence-corrected chi connectivity index (χ1v) is 7.19. The molecule has 4 heteroatoms. The van der Waals surface area contributed by atoms with E-state index in [-0.39, 0.29) is 5.92 Å². The van der Waals surface area contributed by atoms with Crippen LogP contribution >= 0.6 is 0 Å². The van der Waals surface area contributed by atoms with Gasteiger partial charge < -0.3 is 15.0 Å². The van der Waals surface area contributed by atoms with E-state index in [1.807, 2.05) is 0 Å². The predicted molar refractivity (Wildman–Crippen MR) is 71.3 cm³/mol. The lowest BCUT2D eigenvalue weighted by atomic mass is 9.89. The van der Waals surface area contributed by atoms with Gasteiger partial charge in [-0.3, -0.25) is 4.79 Å². The molecule has 0 aromatic heterocycles. The molecule has 1 amide bonds. The number of likely N-dealkylation sites (tertiary alicyclic amines) is 1. The minimum Gasteiger partial charge on any atom is -0.384 e. The quantitative estimate of drug-likeness (QED) is 0.820. The lowest BCUT2D eigenvalue weighted by Crippen LogP contribution is -2.48. The summed E-state index contributed by atoms with van der Waals surface area (Å²) in [5.74, 6) is 1.69. The van der Waals surface area contributed by atoms with Crippen LogP contribution in [0.1, 0.15) is 26.2 Å². The van der Waals surface area contributed by atoms with Crippen molar-refractivity contribution in [3.63, 3.8) is 0 Å². The summed E-state index contributed by atoms with van der Waals surface area (Å²) in [6.45, 7) is 6.73. The van der Waals surface area contributed by atoms with E-state index in [9.17, 15) is 4.79 Å². The molecule has 104 valence electrons. The third-order valence-electron chi connectivity index (χ3n) is 4.15. The second kappa shape index (κ2) is 6.53. The fourth-order valence-corrected chi connectivity index (χ4v) is 3.24. The minimum atomic E-state index is 0.190. The first-order valence-electron chi connectivity index (χ1n) is 7.19. The van der Waals surface area contributed by atoms with Crippen molar-refractivity contribution in [2.75, 3.05) is 39.9 Å². The minimum absolute atomic E-state index is 0.190. The molecule has 4 nitrogen and oxygen atoms in total. The van der Waals surface area contributed by atoms with Crippen molar-refractivity contribution in [2.45, 2.75) is 26.2 Å². The van der Waals surface area contributed by atoms with Gasteiger partial charge in [0.15, 0.2) is 0 Å². The molecule has 2 fully saturated rings. The molecule has 2 aliphatic rings. The van der Waals surface area contributed by atoms with Crippen molar-refractivity contribution in [1.82, 2.24) is 10.2 Å². The number of rotatable bonds is 3. The van der Waals surface area contributed by atoms with Gasteiger partial charge in [0.05, 0.1) is 12.5 Å². The van der Waals surface area contributed by atoms with Crippen LogP contribution in [0.15, 0.2) is 0 Å². The van der Waals surface area contributed by atoms with E-state index in [1.54, 1.807) is 7.11 Å². The normalized spacial score (nSPS) is 33.4. The number of carbonyl (C=O) groups is 1. The fourth-order valence-electron chi connectivity index (χ4n) is 3.24. The zero-order valence-corrected chi connectivity index (χ0v) is 11.7. The van der Waals surface area contributed by atoms with Crippen molar-refractivity contribution < 1.29 is 9.53 Å². The van der Waals surface area contributed by atoms with Gasteiger partial charge in [-0.15, -0.1) is 0 Å². The van der Waals surface area contributed by atoms with E-state index in [0.29, 0.717) is 17.7 Å². The first kappa shape index (κ1) is 13.8. The number of nitrogens with zero attached hydrogens (tertiary/aromatic N) is 1. The number of hydrogen-bond acceptors (Lipinski definition) is 3. The van der Waals surface area contributed by atoms with Gasteiger partial charge in [0.1, 0.15) is 0 Å². The molecule has 3 atom stereocenters. The van der Waals surface area contributed by atoms with Crippen LogP contribution in [0.25, 0.3) is 0 Å². The second-order valence-corrected chi connectivity index (χ2v) is 5.94. The summed E-state index contributed by atoms with van der Waals surface area (Å²) in [5, 5.41) is 3.37. The van der Waals surface area contributed by atoms with Crippen molar-refractivity contribution in [3.8, 4) is 0 Å². The lowest BCUT2D eigenvalue weighted by Gasteiger charge is -2.36. The average Bonchev–Trinajstić information content (AvgIpc) is 2.39. The fraction of sp³-hybridized carbons (Fsp3) is 0.929. The summed E-state index contributed by atoms with van der Waals surface area (Å²) >= 11 is 0. The van der Waals surface area contributed by atoms with Crippen LogP contribution in [-0.4, -0.2) is 50.7 Å². The monoisotopic (exact) mass is 254 g/mol. The molecule has 2 aliphatic heterocycles. The largest absolute Gasteiger partial charge is 0.384 e. The highest BCUT2D eigenvalue weighted by molar-refractivity contribution is 5.79. The molecule has 0 aromatic rings. The Bertz CT molecular complexity index is 281. The number of amides is 1. The lowest BCUT2D eigenvalue weighted by molar-refractivity contribution is -0.138. The van der Waals surface area contributed by atoms with Gasteiger partial charge in [0.2, 0.25) is 5.91 Å². The maximum absolute atomic E-state index is 12.5. The van der Waals surface area contributed by atoms with Crippen LogP contribution in [0.3, 0.4) is 0 Å². The summed E-state index contributed by atoms with van der Waals surface area (Å²) in [6, 6.07) is 0. The van der Waals surface area contributed by atoms with E-state index in [0.717, 1.165) is 45.6 Å². The van der Waals surface area contributed by atoms with E-state index in [2.05, 4.69) is 17.1 Å². The molecule has 3 unspecified atom stereocenters. The van der Waals surface area contributed by atoms with Crippen molar-refractivity contribution in [1.29, 1.82) is 0 Å². The highest BCUT2D eigenvalue weighted by Gasteiger charge is 2.31. The Hall–Kier alpha value is -0.610. The Morgan fingerprint density at radius 1 is 1.44 bits per heavy atom. The second-order valence-electron chi connectivity index (χ2n) is 5.94. The molecule has 2 saturated heterocycles. The zero-order valence-electron chi connectivity index (χ0n) is 11.7. The molecule has 1 N–H and O–H groups in total. The van der Waals surface area contributed by atoms with Crippen LogP contribution in [0.5, 0.6) is 0 Å². The Morgan fingerprint density at radius 2 is 2.28 bits per heavy atom. The Labute approximate surface area is 110 Å². The summed E-state index contributed by atoms with van der Waals surface area (Å²) in [7, 11) is 1.74. The number of methoxy groups -OCH3 is 1. The summed E-state index contributed by atoms with van der Waals surface area (Å²) in [4.78, 5) is 14.6. The Morgan fingerprint density at radius 3 is 3.00 bits per heavy atom. The van der Waals surface area contributed by atoms with Gasteiger partial charge in [-0.2, -0.15) is 0 Å². The van der Waals surface area contributed by atoms with Gasteiger partial charge in [0.25, 0.3) is 0 Å². The molecule has 2 heterocycles. The zero-order chi connectivity index (χ0) is 13.0. The van der Waals surface area contributed by atoms with Gasteiger partial charge in [-0.25, -0.2) is 0 Å². The number of piperidine rings is 2. The number of ether oxygens (including phenoxy) is 1. The summed E-state index contributed by atoms with van der Waals surface area (Å²) < 4.78 is 5.22. The summed E-state index contributed by atoms with van der Waals surface area (Å²) in [6.07, 6.45) is 3.35. The molecule has 0 bridgehead atoms. The number of hydrogen-bond donors (Lipinski definition) is 1. The predicted octanol–water partition coefficient (Wildman–Crippen LogP) is 1.12. The molecule has 18 heavy (non-hydrogen) atoms. The molecular formula is C14H26N2O2. The highest BCUT2D eigenvalue weighted by Crippen LogP contribution is 2.22. The molecule has 0 radical (unpaired) electrons. The topological polar surface area (TPSA) is 41.6 Å². The van der Waals surface area contributed by atoms with Crippen LogP contribution in [0.4, 0.5) is 0 Å². The average molecular weight is 254 g/mol. The van der Waals surface area contributed by atoms with Crippen molar-refractivity contribution in [3.05, 3.63) is 0 Å². The van der Waals surface area contributed by atoms with E-state index < -0.39 is 0 Å². The molecular weight excluding hydrogens is 228 g/mol. The third-order valence-corrected chi connectivity index (χ3v) is 4.15. The van der Waals surface area contributed by atoms with Gasteiger partial charge in [0, 0.05) is 26.7 Å². The highest BCUT2D eigenvalue weighted by atomic mass is 16.5. The molecule has 0 aliphatic carbocycles. The van der Waals surface area contributed by atoms with Crippen LogP contribution in [-0.2, 0) is 9.53 Å². The van der Waals surface area contributed by atoms with Gasteiger partial charge >= 0.3 is 0 Å². The summed E-state index contributed by atoms with van der Waals surface area (Å²) in [5.41, 5.74) is 0. The molecule has 0 saturated carbocycles. The standard InChI is InChI=1S/C14H26N2O2/c1-11-6-13(8-15-7-11)14(17)16-5-3-4-12(9-16)10-18-2/h11-13,15H,3-10H2,1-2H3. The maximum atomic E-state index is 12.5. The number of carbonyl (C=O) groups excluding carboxylic acids is 1. The van der Waals surface area contributed by atoms with E-state index >= 15 is 0 Å². The van der Waals surface area contributed by atoms with Crippen LogP contribution < -0.4 is 5.32 Å². The Balaban J connectivity index is 1.87. The van der Waals surface area contributed by atoms with Crippen LogP contribution in [0, 0.1) is 17.8 Å². The van der Waals surface area contributed by atoms with Crippen molar-refractivity contribution in [2.24, 2.45) is 17.8 Å². The van der Waals surface area contributed by atoms with Crippen molar-refractivity contribution >= 4 is 5.91 Å². The van der Waals surface area contributed by atoms with Gasteiger partial charge in [-0.05, 0) is 37.6 Å². The number of nitrogens with one attached hydrogen (secondary N) is 1. The molecule has 2 rings (SSSR count). The van der Waals surface area contributed by atoms with E-state index in [1.165, 1.54) is 6.42 Å². The Kier molecular flexibility index (Phi) is 5.01. The third kappa shape index (κ3) is 3.45. The van der Waals surface area contributed by atoms with Gasteiger partial charge in [-0.1, -0.05) is 6.92 Å².